The quantitative estimate of drug-likeness (QED) is 0.677. The van der Waals surface area contributed by atoms with Crippen molar-refractivity contribution >= 4 is 11.8 Å². The fourth-order valence-corrected chi connectivity index (χ4v) is 3.01. The van der Waals surface area contributed by atoms with Gasteiger partial charge in [0.2, 0.25) is 0 Å². The lowest BCUT2D eigenvalue weighted by molar-refractivity contribution is 0.591. The minimum absolute atomic E-state index is 0.286. The fraction of sp³-hybridized carbons (Fsp3) is 0.125. The lowest BCUT2D eigenvalue weighted by Gasteiger charge is -2.09. The molecule has 3 aromatic rings. The normalized spacial score (nSPS) is 10.9. The highest BCUT2D eigenvalue weighted by Gasteiger charge is 2.11. The van der Waals surface area contributed by atoms with Gasteiger partial charge in [0.1, 0.15) is 18.0 Å². The number of benzene rings is 2. The molecule has 0 spiro atoms. The Morgan fingerprint density at radius 3 is 2.77 bits per heavy atom. The predicted octanol–water partition coefficient (Wildman–Crippen LogP) is 4.15. The molecule has 0 aliphatic rings. The maximum atomic E-state index is 13.7. The third-order valence-corrected chi connectivity index (χ3v) is 4.25. The number of hydrogen-bond donors (Lipinski definition) is 0. The van der Waals surface area contributed by atoms with Crippen molar-refractivity contribution in [1.82, 2.24) is 14.8 Å². The van der Waals surface area contributed by atoms with Crippen molar-refractivity contribution in [2.75, 3.05) is 0 Å². The van der Waals surface area contributed by atoms with Crippen LogP contribution >= 0.6 is 11.8 Å². The van der Waals surface area contributed by atoms with E-state index in [-0.39, 0.29) is 5.75 Å². The van der Waals surface area contributed by atoms with Crippen molar-refractivity contribution in [1.29, 1.82) is 0 Å². The molecule has 3 nitrogen and oxygen atoms in total. The van der Waals surface area contributed by atoms with Crippen LogP contribution in [-0.4, -0.2) is 14.8 Å². The molecule has 0 radical (unpaired) electrons. The summed E-state index contributed by atoms with van der Waals surface area (Å²) in [5.41, 5.74) is 2.36. The molecule has 0 bridgehead atoms. The van der Waals surface area contributed by atoms with Crippen molar-refractivity contribution in [2.24, 2.45) is 0 Å². The Labute approximate surface area is 131 Å². The van der Waals surface area contributed by atoms with E-state index >= 15 is 0 Å². The second-order valence-electron chi connectivity index (χ2n) is 4.79. The summed E-state index contributed by atoms with van der Waals surface area (Å²) in [7, 11) is 0. The molecule has 0 unspecified atom stereocenters. The van der Waals surface area contributed by atoms with Crippen LogP contribution in [0, 0.1) is 18.6 Å². The first-order valence-corrected chi connectivity index (χ1v) is 7.66. The van der Waals surface area contributed by atoms with Crippen LogP contribution < -0.4 is 0 Å². The number of aryl methyl sites for hydroxylation is 1. The molecular formula is C16H13F2N3S. The number of hydrogen-bond acceptors (Lipinski definition) is 3. The zero-order valence-corrected chi connectivity index (χ0v) is 12.6. The summed E-state index contributed by atoms with van der Waals surface area (Å²) in [6.45, 7) is 2.00. The standard InChI is InChI=1S/C16H13F2N3S/c1-11-4-2-3-5-15(11)21-10-19-20-16(21)22-9-12-8-13(17)6-7-14(12)18/h2-8,10H,9H2,1H3. The summed E-state index contributed by atoms with van der Waals surface area (Å²) >= 11 is 1.32. The average molecular weight is 317 g/mol. The third-order valence-electron chi connectivity index (χ3n) is 3.26. The first-order valence-electron chi connectivity index (χ1n) is 6.68. The monoisotopic (exact) mass is 317 g/mol. The summed E-state index contributed by atoms with van der Waals surface area (Å²) in [4.78, 5) is 0. The lowest BCUT2D eigenvalue weighted by Crippen LogP contribution is -1.98. The average Bonchev–Trinajstić information content (AvgIpc) is 2.97. The molecule has 2 aromatic carbocycles. The molecular weight excluding hydrogens is 304 g/mol. The van der Waals surface area contributed by atoms with E-state index in [4.69, 9.17) is 0 Å². The second-order valence-corrected chi connectivity index (χ2v) is 5.74. The van der Waals surface area contributed by atoms with Gasteiger partial charge in [-0.05, 0) is 36.8 Å². The number of para-hydroxylation sites is 1. The maximum Gasteiger partial charge on any atom is 0.195 e. The van der Waals surface area contributed by atoms with Crippen LogP contribution in [0.3, 0.4) is 0 Å². The zero-order valence-electron chi connectivity index (χ0n) is 11.8. The molecule has 3 rings (SSSR count). The van der Waals surface area contributed by atoms with E-state index in [2.05, 4.69) is 10.2 Å². The van der Waals surface area contributed by atoms with Crippen molar-refractivity contribution in [3.63, 3.8) is 0 Å². The Morgan fingerprint density at radius 2 is 1.95 bits per heavy atom. The zero-order chi connectivity index (χ0) is 15.5. The first kappa shape index (κ1) is 14.7. The van der Waals surface area contributed by atoms with Gasteiger partial charge in [-0.2, -0.15) is 0 Å². The van der Waals surface area contributed by atoms with Crippen molar-refractivity contribution in [3.05, 3.63) is 71.6 Å². The Bertz CT molecular complexity index is 802. The highest BCUT2D eigenvalue weighted by atomic mass is 32.2. The molecule has 112 valence electrons. The van der Waals surface area contributed by atoms with Crippen LogP contribution in [0.15, 0.2) is 53.9 Å². The van der Waals surface area contributed by atoms with Crippen molar-refractivity contribution in [3.8, 4) is 5.69 Å². The highest BCUT2D eigenvalue weighted by molar-refractivity contribution is 7.98. The Hall–Kier alpha value is -2.21. The van der Waals surface area contributed by atoms with E-state index in [1.165, 1.54) is 17.8 Å². The molecule has 0 fully saturated rings. The number of thioether (sulfide) groups is 1. The molecule has 0 saturated heterocycles. The minimum atomic E-state index is -0.447. The molecule has 0 aliphatic heterocycles. The van der Waals surface area contributed by atoms with Gasteiger partial charge in [0.25, 0.3) is 0 Å². The summed E-state index contributed by atoms with van der Waals surface area (Å²) in [6.07, 6.45) is 1.62. The van der Waals surface area contributed by atoms with Gasteiger partial charge in [-0.25, -0.2) is 8.78 Å². The largest absolute Gasteiger partial charge is 0.276 e. The Balaban J connectivity index is 1.84. The molecule has 0 N–H and O–H groups in total. The topological polar surface area (TPSA) is 30.7 Å². The van der Waals surface area contributed by atoms with E-state index < -0.39 is 11.6 Å². The highest BCUT2D eigenvalue weighted by Crippen LogP contribution is 2.26. The van der Waals surface area contributed by atoms with Gasteiger partial charge in [-0.15, -0.1) is 10.2 Å². The predicted molar refractivity (Wildman–Crippen MR) is 82.0 cm³/mol. The van der Waals surface area contributed by atoms with Crippen molar-refractivity contribution in [2.45, 2.75) is 17.8 Å². The van der Waals surface area contributed by atoms with Gasteiger partial charge in [-0.3, -0.25) is 4.57 Å². The van der Waals surface area contributed by atoms with Gasteiger partial charge in [-0.1, -0.05) is 30.0 Å². The second kappa shape index (κ2) is 6.27. The van der Waals surface area contributed by atoms with Gasteiger partial charge in [0.05, 0.1) is 5.69 Å². The Kier molecular flexibility index (Phi) is 4.20. The number of rotatable bonds is 4. The minimum Gasteiger partial charge on any atom is -0.276 e. The summed E-state index contributed by atoms with van der Waals surface area (Å²) in [5.74, 6) is -0.582. The maximum absolute atomic E-state index is 13.7. The third kappa shape index (κ3) is 3.01. The van der Waals surface area contributed by atoms with Crippen LogP contribution in [-0.2, 0) is 5.75 Å². The van der Waals surface area contributed by atoms with Crippen LogP contribution in [0.2, 0.25) is 0 Å². The van der Waals surface area contributed by atoms with Crippen LogP contribution in [0.25, 0.3) is 5.69 Å². The summed E-state index contributed by atoms with van der Waals surface area (Å²) < 4.78 is 28.7. The lowest BCUT2D eigenvalue weighted by atomic mass is 10.2. The van der Waals surface area contributed by atoms with E-state index in [1.807, 2.05) is 35.8 Å². The van der Waals surface area contributed by atoms with Crippen LogP contribution in [0.4, 0.5) is 8.78 Å². The van der Waals surface area contributed by atoms with E-state index in [0.29, 0.717) is 10.7 Å². The van der Waals surface area contributed by atoms with E-state index in [9.17, 15) is 8.78 Å². The Morgan fingerprint density at radius 1 is 1.14 bits per heavy atom. The molecule has 0 amide bonds. The van der Waals surface area contributed by atoms with Gasteiger partial charge >= 0.3 is 0 Å². The molecule has 0 atom stereocenters. The van der Waals surface area contributed by atoms with Crippen LogP contribution in [0.5, 0.6) is 0 Å². The molecule has 0 saturated carbocycles. The first-order chi connectivity index (χ1) is 10.6. The van der Waals surface area contributed by atoms with E-state index in [1.54, 1.807) is 6.33 Å². The molecule has 1 heterocycles. The number of nitrogens with zero attached hydrogens (tertiary/aromatic N) is 3. The number of aromatic nitrogens is 3. The molecule has 6 heteroatoms. The van der Waals surface area contributed by atoms with Gasteiger partial charge in [0.15, 0.2) is 5.16 Å². The molecule has 1 aromatic heterocycles. The number of halogens is 2. The van der Waals surface area contributed by atoms with Gasteiger partial charge in [0, 0.05) is 11.3 Å². The molecule has 22 heavy (non-hydrogen) atoms. The summed E-state index contributed by atoms with van der Waals surface area (Å²) in [6, 6.07) is 11.3. The van der Waals surface area contributed by atoms with E-state index in [0.717, 1.165) is 23.4 Å². The van der Waals surface area contributed by atoms with Crippen molar-refractivity contribution < 1.29 is 8.78 Å². The smallest absolute Gasteiger partial charge is 0.195 e. The fourth-order valence-electron chi connectivity index (χ4n) is 2.12. The van der Waals surface area contributed by atoms with Crippen LogP contribution in [0.1, 0.15) is 11.1 Å². The SMILES string of the molecule is Cc1ccccc1-n1cnnc1SCc1cc(F)ccc1F. The summed E-state index contributed by atoms with van der Waals surface area (Å²) in [5, 5.41) is 8.61. The van der Waals surface area contributed by atoms with Gasteiger partial charge < -0.3 is 0 Å². The molecule has 0 aliphatic carbocycles.